The van der Waals surface area contributed by atoms with E-state index in [1.165, 1.54) is 30.9 Å². The van der Waals surface area contributed by atoms with E-state index in [-0.39, 0.29) is 11.9 Å². The second-order valence-electron chi connectivity index (χ2n) is 6.04. The molecule has 4 nitrogen and oxygen atoms in total. The maximum absolute atomic E-state index is 12.3. The predicted molar refractivity (Wildman–Crippen MR) is 88.1 cm³/mol. The quantitative estimate of drug-likeness (QED) is 0.883. The van der Waals surface area contributed by atoms with Crippen molar-refractivity contribution >= 4 is 16.9 Å². The van der Waals surface area contributed by atoms with Crippen LogP contribution in [0.1, 0.15) is 36.9 Å². The molecule has 1 aliphatic rings. The molecule has 0 saturated carbocycles. The molecule has 0 spiro atoms. The van der Waals surface area contributed by atoms with Gasteiger partial charge in [-0.1, -0.05) is 31.5 Å². The first kappa shape index (κ1) is 15.1. The molecule has 0 aliphatic carbocycles. The Kier molecular flexibility index (Phi) is 4.48. The number of aromatic nitrogens is 1. The van der Waals surface area contributed by atoms with E-state index in [0.29, 0.717) is 0 Å². The Balaban J connectivity index is 1.99. The average Bonchev–Trinajstić information content (AvgIpc) is 2.82. The van der Waals surface area contributed by atoms with Crippen LogP contribution in [0.4, 0.5) is 0 Å². The Morgan fingerprint density at radius 1 is 1.41 bits per heavy atom. The lowest BCUT2D eigenvalue weighted by Gasteiger charge is -2.23. The second kappa shape index (κ2) is 6.53. The molecule has 1 N–H and O–H groups in total. The summed E-state index contributed by atoms with van der Waals surface area (Å²) in [6.07, 6.45) is 3.33. The summed E-state index contributed by atoms with van der Waals surface area (Å²) in [6.45, 7) is 4.99. The number of hydrogen-bond acceptors (Lipinski definition) is 3. The van der Waals surface area contributed by atoms with Crippen molar-refractivity contribution in [3.8, 4) is 0 Å². The topological polar surface area (TPSA) is 45.3 Å². The standard InChI is InChI=1S/C18H24N2O2/c1-3-4-10-20-11-9-14-13-7-5-6-8-16(13)19-17(14)15(12-20)18(21)22-2/h5-8,15,19H,3-4,9-12H2,1-2H3. The second-order valence-corrected chi connectivity index (χ2v) is 6.04. The number of methoxy groups -OCH3 is 1. The number of nitrogens with zero attached hydrogens (tertiary/aromatic N) is 1. The van der Waals surface area contributed by atoms with Crippen LogP contribution in [-0.4, -0.2) is 42.6 Å². The predicted octanol–water partition coefficient (Wildman–Crippen LogP) is 3.08. The molecule has 3 rings (SSSR count). The molecule has 1 aromatic carbocycles. The SMILES string of the molecule is CCCCN1CCc2c([nH]c3ccccc23)C(C(=O)OC)C1. The molecule has 1 aliphatic heterocycles. The Morgan fingerprint density at radius 2 is 2.23 bits per heavy atom. The van der Waals surface area contributed by atoms with Crippen molar-refractivity contribution in [2.45, 2.75) is 32.1 Å². The van der Waals surface area contributed by atoms with Gasteiger partial charge in [-0.3, -0.25) is 4.79 Å². The van der Waals surface area contributed by atoms with Crippen molar-refractivity contribution in [2.75, 3.05) is 26.7 Å². The van der Waals surface area contributed by atoms with Gasteiger partial charge < -0.3 is 14.6 Å². The van der Waals surface area contributed by atoms with Gasteiger partial charge >= 0.3 is 5.97 Å². The maximum atomic E-state index is 12.3. The Bertz CT molecular complexity index is 662. The van der Waals surface area contributed by atoms with Gasteiger partial charge in [-0.2, -0.15) is 0 Å². The lowest BCUT2D eigenvalue weighted by atomic mass is 10.00. The van der Waals surface area contributed by atoms with Gasteiger partial charge in [0.25, 0.3) is 0 Å². The first-order chi connectivity index (χ1) is 10.7. The number of carbonyl (C=O) groups excluding carboxylic acids is 1. The molecule has 4 heteroatoms. The highest BCUT2D eigenvalue weighted by Gasteiger charge is 2.31. The highest BCUT2D eigenvalue weighted by atomic mass is 16.5. The van der Waals surface area contributed by atoms with Crippen LogP contribution >= 0.6 is 0 Å². The van der Waals surface area contributed by atoms with E-state index >= 15 is 0 Å². The van der Waals surface area contributed by atoms with Crippen LogP contribution < -0.4 is 0 Å². The monoisotopic (exact) mass is 300 g/mol. The zero-order valence-corrected chi connectivity index (χ0v) is 13.4. The number of para-hydroxylation sites is 1. The molecule has 22 heavy (non-hydrogen) atoms. The highest BCUT2D eigenvalue weighted by molar-refractivity contribution is 5.88. The summed E-state index contributed by atoms with van der Waals surface area (Å²) in [7, 11) is 1.48. The van der Waals surface area contributed by atoms with Crippen molar-refractivity contribution in [1.82, 2.24) is 9.88 Å². The number of ether oxygens (including phenoxy) is 1. The number of benzene rings is 1. The number of aromatic amines is 1. The summed E-state index contributed by atoms with van der Waals surface area (Å²) in [5, 5.41) is 1.24. The summed E-state index contributed by atoms with van der Waals surface area (Å²) in [5.74, 6) is -0.358. The number of nitrogens with one attached hydrogen (secondary N) is 1. The fraction of sp³-hybridized carbons (Fsp3) is 0.500. The molecule has 2 aromatic rings. The number of rotatable bonds is 4. The van der Waals surface area contributed by atoms with E-state index in [1.54, 1.807) is 0 Å². The van der Waals surface area contributed by atoms with Crippen molar-refractivity contribution < 1.29 is 9.53 Å². The van der Waals surface area contributed by atoms with Crippen molar-refractivity contribution in [3.63, 3.8) is 0 Å². The summed E-state index contributed by atoms with van der Waals surface area (Å²) in [6, 6.07) is 8.30. The maximum Gasteiger partial charge on any atom is 0.315 e. The fourth-order valence-electron chi connectivity index (χ4n) is 3.42. The smallest absolute Gasteiger partial charge is 0.315 e. The van der Waals surface area contributed by atoms with Crippen LogP contribution in [0.2, 0.25) is 0 Å². The van der Waals surface area contributed by atoms with Crippen LogP contribution in [0, 0.1) is 0 Å². The van der Waals surface area contributed by atoms with Gasteiger partial charge in [0.1, 0.15) is 5.92 Å². The lowest BCUT2D eigenvalue weighted by molar-refractivity contribution is -0.143. The largest absolute Gasteiger partial charge is 0.468 e. The fourth-order valence-corrected chi connectivity index (χ4v) is 3.42. The van der Waals surface area contributed by atoms with Gasteiger partial charge in [0, 0.05) is 29.7 Å². The zero-order valence-electron chi connectivity index (χ0n) is 13.4. The molecule has 1 atom stereocenters. The van der Waals surface area contributed by atoms with Crippen LogP contribution in [0.5, 0.6) is 0 Å². The van der Waals surface area contributed by atoms with E-state index in [1.807, 2.05) is 6.07 Å². The molecule has 0 amide bonds. The molecular formula is C18H24N2O2. The first-order valence-corrected chi connectivity index (χ1v) is 8.14. The minimum Gasteiger partial charge on any atom is -0.468 e. The van der Waals surface area contributed by atoms with Crippen LogP contribution in [0.15, 0.2) is 24.3 Å². The van der Waals surface area contributed by atoms with E-state index < -0.39 is 0 Å². The van der Waals surface area contributed by atoms with Crippen LogP contribution in [0.3, 0.4) is 0 Å². The van der Waals surface area contributed by atoms with Crippen molar-refractivity contribution in [3.05, 3.63) is 35.5 Å². The van der Waals surface area contributed by atoms with Gasteiger partial charge in [0.2, 0.25) is 0 Å². The van der Waals surface area contributed by atoms with E-state index in [9.17, 15) is 4.79 Å². The van der Waals surface area contributed by atoms with Gasteiger partial charge in [-0.15, -0.1) is 0 Å². The number of hydrogen-bond donors (Lipinski definition) is 1. The van der Waals surface area contributed by atoms with Crippen LogP contribution in [-0.2, 0) is 16.0 Å². The zero-order chi connectivity index (χ0) is 15.5. The third kappa shape index (κ3) is 2.75. The Morgan fingerprint density at radius 3 is 3.00 bits per heavy atom. The molecule has 0 saturated heterocycles. The first-order valence-electron chi connectivity index (χ1n) is 8.14. The van der Waals surface area contributed by atoms with E-state index in [0.717, 1.165) is 37.3 Å². The molecule has 0 bridgehead atoms. The van der Waals surface area contributed by atoms with Crippen molar-refractivity contribution in [1.29, 1.82) is 0 Å². The van der Waals surface area contributed by atoms with Gasteiger partial charge in [-0.25, -0.2) is 0 Å². The molecule has 2 heterocycles. The Hall–Kier alpha value is -1.81. The number of esters is 1. The van der Waals surface area contributed by atoms with Gasteiger partial charge in [-0.05, 0) is 31.0 Å². The molecule has 1 unspecified atom stereocenters. The van der Waals surface area contributed by atoms with E-state index in [4.69, 9.17) is 4.74 Å². The molecule has 1 aromatic heterocycles. The Labute approximate surface area is 131 Å². The highest BCUT2D eigenvalue weighted by Crippen LogP contribution is 2.32. The number of fused-ring (bicyclic) bond motifs is 3. The number of H-pyrrole nitrogens is 1. The normalized spacial score (nSPS) is 18.9. The van der Waals surface area contributed by atoms with E-state index in [2.05, 4.69) is 35.0 Å². The molecule has 118 valence electrons. The molecular weight excluding hydrogens is 276 g/mol. The lowest BCUT2D eigenvalue weighted by Crippen LogP contribution is -2.32. The molecule has 0 radical (unpaired) electrons. The van der Waals surface area contributed by atoms with Gasteiger partial charge in [0.15, 0.2) is 0 Å². The van der Waals surface area contributed by atoms with Crippen molar-refractivity contribution in [2.24, 2.45) is 0 Å². The third-order valence-corrected chi connectivity index (χ3v) is 4.63. The number of carbonyl (C=O) groups is 1. The molecule has 0 fully saturated rings. The minimum absolute atomic E-state index is 0.142. The third-order valence-electron chi connectivity index (χ3n) is 4.63. The summed E-state index contributed by atoms with van der Waals surface area (Å²) in [5.41, 5.74) is 3.44. The average molecular weight is 300 g/mol. The summed E-state index contributed by atoms with van der Waals surface area (Å²) >= 11 is 0. The summed E-state index contributed by atoms with van der Waals surface area (Å²) < 4.78 is 5.07. The van der Waals surface area contributed by atoms with Crippen LogP contribution in [0.25, 0.3) is 10.9 Å². The van der Waals surface area contributed by atoms with Gasteiger partial charge in [0.05, 0.1) is 7.11 Å². The minimum atomic E-state index is -0.216. The number of unbranched alkanes of at least 4 members (excludes halogenated alkanes) is 1. The summed E-state index contributed by atoms with van der Waals surface area (Å²) in [4.78, 5) is 18.2.